The Bertz CT molecular complexity index is 1270. The van der Waals surface area contributed by atoms with E-state index in [2.05, 4.69) is 0 Å². The molecule has 0 radical (unpaired) electrons. The number of carbonyl (C=O) groups is 1. The van der Waals surface area contributed by atoms with Crippen molar-refractivity contribution in [1.29, 1.82) is 0 Å². The summed E-state index contributed by atoms with van der Waals surface area (Å²) in [6, 6.07) is 16.9. The number of sulfone groups is 1. The molecular formula is C23H17ClFNO3S. The van der Waals surface area contributed by atoms with Crippen LogP contribution in [0.15, 0.2) is 82.7 Å². The molecule has 0 atom stereocenters. The van der Waals surface area contributed by atoms with Gasteiger partial charge < -0.3 is 4.90 Å². The molecule has 152 valence electrons. The van der Waals surface area contributed by atoms with Gasteiger partial charge in [-0.05, 0) is 66.6 Å². The fraction of sp³-hybridized carbons (Fsp3) is 0.0870. The Labute approximate surface area is 179 Å². The smallest absolute Gasteiger partial charge is 0.214 e. The molecule has 7 heteroatoms. The van der Waals surface area contributed by atoms with Gasteiger partial charge in [0.25, 0.3) is 0 Å². The second-order valence-corrected chi connectivity index (χ2v) is 9.16. The largest absolute Gasteiger partial charge is 0.314 e. The van der Waals surface area contributed by atoms with Crippen molar-refractivity contribution in [3.8, 4) is 0 Å². The highest BCUT2D eigenvalue weighted by molar-refractivity contribution is 7.96. The quantitative estimate of drug-likeness (QED) is 0.385. The van der Waals surface area contributed by atoms with Crippen LogP contribution in [-0.2, 0) is 16.3 Å². The summed E-state index contributed by atoms with van der Waals surface area (Å²) in [6.07, 6.45) is 2.10. The molecule has 0 fully saturated rings. The summed E-state index contributed by atoms with van der Waals surface area (Å²) in [5.74, 6) is -1.23. The summed E-state index contributed by atoms with van der Waals surface area (Å²) in [6.45, 7) is 2.02. The van der Waals surface area contributed by atoms with Gasteiger partial charge in [0.1, 0.15) is 10.7 Å². The van der Waals surface area contributed by atoms with Crippen molar-refractivity contribution in [2.24, 2.45) is 0 Å². The number of ketones is 1. The van der Waals surface area contributed by atoms with Crippen LogP contribution in [-0.4, -0.2) is 14.2 Å². The van der Waals surface area contributed by atoms with E-state index in [-0.39, 0.29) is 21.1 Å². The van der Waals surface area contributed by atoms with E-state index in [1.54, 1.807) is 0 Å². The van der Waals surface area contributed by atoms with Gasteiger partial charge in [0.05, 0.1) is 10.6 Å². The number of Topliss-reactive ketones (excluding diaryl/α,β-unsaturated/α-hetero) is 1. The minimum Gasteiger partial charge on any atom is -0.314 e. The predicted octanol–water partition coefficient (Wildman–Crippen LogP) is 5.69. The molecule has 0 unspecified atom stereocenters. The Morgan fingerprint density at radius 1 is 1.00 bits per heavy atom. The molecule has 3 aromatic rings. The van der Waals surface area contributed by atoms with Gasteiger partial charge in [-0.3, -0.25) is 4.79 Å². The topological polar surface area (TPSA) is 54.5 Å². The van der Waals surface area contributed by atoms with E-state index < -0.39 is 21.4 Å². The van der Waals surface area contributed by atoms with E-state index >= 15 is 0 Å². The standard InChI is InChI=1S/C23H17ClFNO3S/c1-2-15-3-10-19(11-4-15)26-14-22(23(27)16-5-7-17(24)8-6-16)30(28,29)21-12-9-18(25)13-20(21)26/h3-14H,2H2,1H3. The average Bonchev–Trinajstić information content (AvgIpc) is 2.74. The molecule has 30 heavy (non-hydrogen) atoms. The van der Waals surface area contributed by atoms with Crippen LogP contribution in [0.2, 0.25) is 5.02 Å². The van der Waals surface area contributed by atoms with Gasteiger partial charge in [-0.2, -0.15) is 0 Å². The van der Waals surface area contributed by atoms with Gasteiger partial charge >= 0.3 is 0 Å². The Morgan fingerprint density at radius 3 is 2.30 bits per heavy atom. The Hall–Kier alpha value is -2.96. The van der Waals surface area contributed by atoms with E-state index in [1.165, 1.54) is 41.4 Å². The summed E-state index contributed by atoms with van der Waals surface area (Å²) >= 11 is 5.88. The highest BCUT2D eigenvalue weighted by atomic mass is 35.5. The molecule has 1 aliphatic heterocycles. The first-order valence-corrected chi connectivity index (χ1v) is 11.1. The van der Waals surface area contributed by atoms with Crippen LogP contribution in [0.3, 0.4) is 0 Å². The average molecular weight is 442 g/mol. The van der Waals surface area contributed by atoms with Crippen LogP contribution < -0.4 is 4.90 Å². The summed E-state index contributed by atoms with van der Waals surface area (Å²) in [5, 5.41) is 0.436. The highest BCUT2D eigenvalue weighted by Crippen LogP contribution is 2.40. The molecule has 1 heterocycles. The number of hydrogen-bond acceptors (Lipinski definition) is 4. The molecule has 3 aromatic carbocycles. The number of carbonyl (C=O) groups excluding carboxylic acids is 1. The second kappa shape index (κ2) is 7.70. The molecule has 1 aliphatic rings. The number of hydrogen-bond donors (Lipinski definition) is 0. The summed E-state index contributed by atoms with van der Waals surface area (Å²) in [7, 11) is -4.14. The number of anilines is 2. The maximum absolute atomic E-state index is 14.0. The Kier molecular flexibility index (Phi) is 5.22. The van der Waals surface area contributed by atoms with Gasteiger partial charge in [-0.1, -0.05) is 30.7 Å². The van der Waals surface area contributed by atoms with Gasteiger partial charge in [0, 0.05) is 22.5 Å². The summed E-state index contributed by atoms with van der Waals surface area (Å²) in [4.78, 5) is 14.1. The van der Waals surface area contributed by atoms with Crippen molar-refractivity contribution >= 4 is 38.6 Å². The van der Waals surface area contributed by atoms with Crippen molar-refractivity contribution < 1.29 is 17.6 Å². The van der Waals surface area contributed by atoms with Gasteiger partial charge in [0.15, 0.2) is 0 Å². The predicted molar refractivity (Wildman–Crippen MR) is 115 cm³/mol. The third-order valence-corrected chi connectivity index (χ3v) is 7.00. The monoisotopic (exact) mass is 441 g/mol. The van der Waals surface area contributed by atoms with Crippen molar-refractivity contribution in [2.75, 3.05) is 4.90 Å². The summed E-state index contributed by atoms with van der Waals surface area (Å²) in [5.41, 5.74) is 2.08. The first kappa shape index (κ1) is 20.3. The molecule has 0 saturated heterocycles. The van der Waals surface area contributed by atoms with Crippen molar-refractivity contribution in [1.82, 2.24) is 0 Å². The van der Waals surface area contributed by atoms with Gasteiger partial charge in [-0.25, -0.2) is 12.8 Å². The van der Waals surface area contributed by atoms with Crippen molar-refractivity contribution in [3.63, 3.8) is 0 Å². The first-order valence-electron chi connectivity index (χ1n) is 9.26. The SMILES string of the molecule is CCc1ccc(N2C=C(C(=O)c3ccc(Cl)cc3)S(=O)(=O)c3ccc(F)cc32)cc1. The highest BCUT2D eigenvalue weighted by Gasteiger charge is 2.36. The summed E-state index contributed by atoms with van der Waals surface area (Å²) < 4.78 is 40.4. The minimum atomic E-state index is -4.14. The Balaban J connectivity index is 1.90. The lowest BCUT2D eigenvalue weighted by Gasteiger charge is -2.29. The maximum atomic E-state index is 14.0. The van der Waals surface area contributed by atoms with Gasteiger partial charge in [0.2, 0.25) is 15.6 Å². The van der Waals surface area contributed by atoms with Crippen molar-refractivity contribution in [3.05, 3.63) is 99.8 Å². The minimum absolute atomic E-state index is 0.122. The van der Waals surface area contributed by atoms with Crippen LogP contribution in [0, 0.1) is 5.82 Å². The molecule has 4 rings (SSSR count). The number of aryl methyl sites for hydroxylation is 1. The first-order chi connectivity index (χ1) is 14.3. The molecule has 0 N–H and O–H groups in total. The lowest BCUT2D eigenvalue weighted by molar-refractivity contribution is 0.104. The fourth-order valence-corrected chi connectivity index (χ4v) is 4.96. The number of allylic oxidation sites excluding steroid dienone is 1. The van der Waals surface area contributed by atoms with E-state index in [0.29, 0.717) is 10.7 Å². The van der Waals surface area contributed by atoms with E-state index in [9.17, 15) is 17.6 Å². The molecule has 0 bridgehead atoms. The molecule has 0 saturated carbocycles. The zero-order chi connectivity index (χ0) is 21.5. The second-order valence-electron chi connectivity index (χ2n) is 6.83. The number of fused-ring (bicyclic) bond motifs is 1. The Morgan fingerprint density at radius 2 is 1.67 bits per heavy atom. The third-order valence-electron chi connectivity index (χ3n) is 4.96. The lowest BCUT2D eigenvalue weighted by atomic mass is 10.1. The number of halogens is 2. The fourth-order valence-electron chi connectivity index (χ4n) is 3.31. The zero-order valence-electron chi connectivity index (χ0n) is 16.0. The lowest BCUT2D eigenvalue weighted by Crippen LogP contribution is -2.26. The number of rotatable bonds is 4. The van der Waals surface area contributed by atoms with Crippen LogP contribution in [0.1, 0.15) is 22.8 Å². The molecule has 0 amide bonds. The third kappa shape index (κ3) is 3.53. The van der Waals surface area contributed by atoms with Crippen molar-refractivity contribution in [2.45, 2.75) is 18.2 Å². The van der Waals surface area contributed by atoms with Crippen LogP contribution in [0.5, 0.6) is 0 Å². The van der Waals surface area contributed by atoms with Crippen LogP contribution in [0.4, 0.5) is 15.8 Å². The van der Waals surface area contributed by atoms with Crippen LogP contribution >= 0.6 is 11.6 Å². The normalized spacial score (nSPS) is 14.8. The molecule has 4 nitrogen and oxygen atoms in total. The number of benzene rings is 3. The van der Waals surface area contributed by atoms with Gasteiger partial charge in [-0.15, -0.1) is 0 Å². The molecule has 0 aliphatic carbocycles. The molecule has 0 aromatic heterocycles. The molecular weight excluding hydrogens is 425 g/mol. The molecule has 0 spiro atoms. The van der Waals surface area contributed by atoms with E-state index in [1.807, 2.05) is 31.2 Å². The van der Waals surface area contributed by atoms with E-state index in [4.69, 9.17) is 11.6 Å². The van der Waals surface area contributed by atoms with Crippen LogP contribution in [0.25, 0.3) is 0 Å². The maximum Gasteiger partial charge on any atom is 0.214 e. The zero-order valence-corrected chi connectivity index (χ0v) is 17.5. The van der Waals surface area contributed by atoms with E-state index in [0.717, 1.165) is 24.1 Å². The number of nitrogens with zero attached hydrogens (tertiary/aromatic N) is 1.